The average Bonchev–Trinajstić information content (AvgIpc) is 2.69. The molecule has 3 atom stereocenters. The lowest BCUT2D eigenvalue weighted by molar-refractivity contribution is -0.138. The number of ether oxygens (including phenoxy) is 2. The maximum atomic E-state index is 12.8. The van der Waals surface area contributed by atoms with Gasteiger partial charge in [-0.15, -0.1) is 0 Å². The van der Waals surface area contributed by atoms with Gasteiger partial charge in [-0.05, 0) is 32.1 Å². The minimum absolute atomic E-state index is 0.0631. The predicted molar refractivity (Wildman–Crippen MR) is 102 cm³/mol. The molecule has 1 aliphatic carbocycles. The van der Waals surface area contributed by atoms with Crippen molar-refractivity contribution in [2.75, 3.05) is 44.9 Å². The van der Waals surface area contributed by atoms with E-state index in [-0.39, 0.29) is 29.2 Å². The van der Waals surface area contributed by atoms with Crippen LogP contribution in [0.5, 0.6) is 0 Å². The van der Waals surface area contributed by atoms with Gasteiger partial charge in [-0.25, -0.2) is 13.1 Å². The second-order valence-corrected chi connectivity index (χ2v) is 10.5. The number of sulfonamides is 1. The van der Waals surface area contributed by atoms with Crippen LogP contribution in [-0.4, -0.2) is 81.5 Å². The van der Waals surface area contributed by atoms with Crippen LogP contribution in [0.25, 0.3) is 0 Å². The van der Waals surface area contributed by atoms with Crippen molar-refractivity contribution in [1.82, 2.24) is 9.62 Å². The highest BCUT2D eigenvalue weighted by atomic mass is 32.2. The molecular formula is C17H30N2O5S2. The van der Waals surface area contributed by atoms with Gasteiger partial charge in [-0.1, -0.05) is 0 Å². The highest BCUT2D eigenvalue weighted by Gasteiger charge is 2.39. The zero-order chi connectivity index (χ0) is 18.6. The Hall–Kier alpha value is -0.350. The summed E-state index contributed by atoms with van der Waals surface area (Å²) in [6.45, 7) is 2.62. The summed E-state index contributed by atoms with van der Waals surface area (Å²) in [5, 5.41) is -0.390. The van der Waals surface area contributed by atoms with Gasteiger partial charge in [0.1, 0.15) is 0 Å². The van der Waals surface area contributed by atoms with Crippen LogP contribution >= 0.6 is 11.8 Å². The van der Waals surface area contributed by atoms with Gasteiger partial charge in [0.05, 0.1) is 11.4 Å². The highest BCUT2D eigenvalue weighted by molar-refractivity contribution is 7.99. The van der Waals surface area contributed by atoms with E-state index in [1.54, 1.807) is 7.11 Å². The Labute approximate surface area is 160 Å². The van der Waals surface area contributed by atoms with Crippen molar-refractivity contribution < 1.29 is 22.7 Å². The fraction of sp³-hybridized carbons (Fsp3) is 0.941. The second-order valence-electron chi connectivity index (χ2n) is 7.30. The van der Waals surface area contributed by atoms with Crippen LogP contribution in [0.2, 0.25) is 0 Å². The SMILES string of the molecule is CO[C@H]1C[C@@H](C(=O)N2CCSCC2)CC[C@@H]1NS(=O)(=O)C1CCOCC1. The highest BCUT2D eigenvalue weighted by Crippen LogP contribution is 2.30. The van der Waals surface area contributed by atoms with E-state index in [1.165, 1.54) is 0 Å². The molecule has 3 rings (SSSR count). The van der Waals surface area contributed by atoms with Gasteiger partial charge in [0.25, 0.3) is 0 Å². The van der Waals surface area contributed by atoms with Crippen LogP contribution < -0.4 is 4.72 Å². The third-order valence-electron chi connectivity index (χ3n) is 5.69. The zero-order valence-electron chi connectivity index (χ0n) is 15.4. The van der Waals surface area contributed by atoms with E-state index in [0.717, 1.165) is 24.6 Å². The molecule has 0 unspecified atom stereocenters. The number of rotatable bonds is 5. The maximum absolute atomic E-state index is 12.8. The maximum Gasteiger partial charge on any atom is 0.225 e. The molecule has 9 heteroatoms. The molecule has 1 saturated carbocycles. The normalized spacial score (nSPS) is 31.7. The number of nitrogens with one attached hydrogen (secondary N) is 1. The molecule has 2 aliphatic heterocycles. The van der Waals surface area contributed by atoms with Crippen LogP contribution in [0.15, 0.2) is 0 Å². The molecule has 0 aromatic heterocycles. The van der Waals surface area contributed by atoms with Gasteiger partial charge < -0.3 is 14.4 Å². The smallest absolute Gasteiger partial charge is 0.225 e. The van der Waals surface area contributed by atoms with Crippen molar-refractivity contribution >= 4 is 27.7 Å². The van der Waals surface area contributed by atoms with Gasteiger partial charge >= 0.3 is 0 Å². The van der Waals surface area contributed by atoms with Gasteiger partial charge in [-0.2, -0.15) is 11.8 Å². The third kappa shape index (κ3) is 4.92. The van der Waals surface area contributed by atoms with Crippen molar-refractivity contribution in [3.8, 4) is 0 Å². The molecule has 0 radical (unpaired) electrons. The molecule has 26 heavy (non-hydrogen) atoms. The van der Waals surface area contributed by atoms with E-state index in [9.17, 15) is 13.2 Å². The van der Waals surface area contributed by atoms with Gasteiger partial charge in [-0.3, -0.25) is 4.79 Å². The first-order chi connectivity index (χ1) is 12.5. The second kappa shape index (κ2) is 9.23. The number of carbonyl (C=O) groups excluding carboxylic acids is 1. The Bertz CT molecular complexity index is 574. The summed E-state index contributed by atoms with van der Waals surface area (Å²) >= 11 is 1.88. The minimum atomic E-state index is -3.39. The molecule has 3 fully saturated rings. The molecule has 1 amide bonds. The Balaban J connectivity index is 1.58. The standard InChI is InChI=1S/C17H30N2O5S2/c1-23-16-12-13(17(20)19-6-10-25-11-7-19)2-3-15(16)18-26(21,22)14-4-8-24-9-5-14/h13-16,18H,2-12H2,1H3/t13-,15-,16-/m0/s1. The van der Waals surface area contributed by atoms with E-state index < -0.39 is 10.0 Å². The van der Waals surface area contributed by atoms with Gasteiger partial charge in [0.15, 0.2) is 0 Å². The Kier molecular flexibility index (Phi) is 7.24. The van der Waals surface area contributed by atoms with E-state index in [4.69, 9.17) is 9.47 Å². The lowest BCUT2D eigenvalue weighted by Gasteiger charge is -2.38. The molecule has 0 spiro atoms. The fourth-order valence-electron chi connectivity index (χ4n) is 4.08. The topological polar surface area (TPSA) is 84.9 Å². The van der Waals surface area contributed by atoms with Crippen molar-refractivity contribution in [2.45, 2.75) is 49.5 Å². The van der Waals surface area contributed by atoms with Gasteiger partial charge in [0, 0.05) is 56.9 Å². The number of methoxy groups -OCH3 is 1. The number of nitrogens with zero attached hydrogens (tertiary/aromatic N) is 1. The van der Waals surface area contributed by atoms with Crippen LogP contribution in [0.3, 0.4) is 0 Å². The lowest BCUT2D eigenvalue weighted by atomic mass is 9.83. The quantitative estimate of drug-likeness (QED) is 0.728. The number of carbonyl (C=O) groups is 1. The van der Waals surface area contributed by atoms with Crippen molar-refractivity contribution in [2.24, 2.45) is 5.92 Å². The zero-order valence-corrected chi connectivity index (χ0v) is 17.0. The summed E-state index contributed by atoms with van der Waals surface area (Å²) in [4.78, 5) is 14.7. The van der Waals surface area contributed by atoms with Crippen molar-refractivity contribution in [3.63, 3.8) is 0 Å². The summed E-state index contributed by atoms with van der Waals surface area (Å²) in [6, 6.07) is -0.256. The molecule has 2 heterocycles. The molecular weight excluding hydrogens is 376 g/mol. The Morgan fingerprint density at radius 2 is 1.85 bits per heavy atom. The summed E-state index contributed by atoms with van der Waals surface area (Å²) in [7, 11) is -1.79. The predicted octanol–water partition coefficient (Wildman–Crippen LogP) is 0.844. The first-order valence-corrected chi connectivity index (χ1v) is 12.2. The Morgan fingerprint density at radius 3 is 2.50 bits per heavy atom. The lowest BCUT2D eigenvalue weighted by Crippen LogP contribution is -2.53. The average molecular weight is 407 g/mol. The summed E-state index contributed by atoms with van der Waals surface area (Å²) in [6.07, 6.45) is 2.75. The number of hydrogen-bond donors (Lipinski definition) is 1. The minimum Gasteiger partial charge on any atom is -0.381 e. The van der Waals surface area contributed by atoms with E-state index >= 15 is 0 Å². The number of thioether (sulfide) groups is 1. The largest absolute Gasteiger partial charge is 0.381 e. The summed E-state index contributed by atoms with van der Waals surface area (Å²) < 4.78 is 39.1. The van der Waals surface area contributed by atoms with E-state index in [2.05, 4.69) is 4.72 Å². The molecule has 3 aliphatic rings. The molecule has 0 aromatic rings. The monoisotopic (exact) mass is 406 g/mol. The molecule has 0 aromatic carbocycles. The van der Waals surface area contributed by atoms with Crippen molar-refractivity contribution in [1.29, 1.82) is 0 Å². The van der Waals surface area contributed by atoms with Crippen LogP contribution in [0.4, 0.5) is 0 Å². The summed E-state index contributed by atoms with van der Waals surface area (Å²) in [5.74, 6) is 2.14. The molecule has 7 nitrogen and oxygen atoms in total. The number of amides is 1. The fourth-order valence-corrected chi connectivity index (χ4v) is 6.68. The molecule has 2 saturated heterocycles. The molecule has 150 valence electrons. The first-order valence-electron chi connectivity index (χ1n) is 9.49. The molecule has 1 N–H and O–H groups in total. The number of hydrogen-bond acceptors (Lipinski definition) is 6. The first kappa shape index (κ1) is 20.4. The Morgan fingerprint density at radius 1 is 1.15 bits per heavy atom. The van der Waals surface area contributed by atoms with Crippen LogP contribution in [0, 0.1) is 5.92 Å². The van der Waals surface area contributed by atoms with Crippen molar-refractivity contribution in [3.05, 3.63) is 0 Å². The van der Waals surface area contributed by atoms with E-state index in [0.29, 0.717) is 45.3 Å². The summed E-state index contributed by atoms with van der Waals surface area (Å²) in [5.41, 5.74) is 0. The third-order valence-corrected chi connectivity index (χ3v) is 8.61. The molecule has 0 bridgehead atoms. The van der Waals surface area contributed by atoms with Crippen LogP contribution in [-0.2, 0) is 24.3 Å². The van der Waals surface area contributed by atoms with Gasteiger partial charge in [0.2, 0.25) is 15.9 Å². The van der Waals surface area contributed by atoms with E-state index in [1.807, 2.05) is 16.7 Å². The van der Waals surface area contributed by atoms with Crippen LogP contribution in [0.1, 0.15) is 32.1 Å².